The summed E-state index contributed by atoms with van der Waals surface area (Å²) in [5.41, 5.74) is 5.47. The minimum atomic E-state index is 0.190. The van der Waals surface area contributed by atoms with Crippen LogP contribution in [0.25, 0.3) is 0 Å². The van der Waals surface area contributed by atoms with E-state index in [0.29, 0.717) is 11.6 Å². The minimum Gasteiger partial charge on any atom is -0.464 e. The molecule has 0 aliphatic heterocycles. The van der Waals surface area contributed by atoms with Crippen molar-refractivity contribution >= 4 is 5.82 Å². The summed E-state index contributed by atoms with van der Waals surface area (Å²) in [7, 11) is 1.55. The first-order valence-electron chi connectivity index (χ1n) is 3.17. The Morgan fingerprint density at radius 3 is 3.09 bits per heavy atom. The Morgan fingerprint density at radius 2 is 2.45 bits per heavy atom. The molecule has 0 fully saturated rings. The largest absolute Gasteiger partial charge is 0.464 e. The molecule has 0 radical (unpaired) electrons. The number of nitrogen functional groups attached to an aromatic ring is 1. The molecule has 2 N–H and O–H groups in total. The number of nitrogens with zero attached hydrogens (tertiary/aromatic N) is 1. The normalized spacial score (nSPS) is 9.55. The molecule has 1 aromatic heterocycles. The zero-order chi connectivity index (χ0) is 8.10. The maximum atomic E-state index is 5.47. The first kappa shape index (κ1) is 7.81. The Morgan fingerprint density at radius 1 is 1.64 bits per heavy atom. The van der Waals surface area contributed by atoms with E-state index in [2.05, 4.69) is 4.98 Å². The van der Waals surface area contributed by atoms with Crippen molar-refractivity contribution in [1.29, 1.82) is 0 Å². The molecule has 1 heterocycles. The molecule has 0 saturated carbocycles. The van der Waals surface area contributed by atoms with E-state index < -0.39 is 0 Å². The van der Waals surface area contributed by atoms with Gasteiger partial charge in [0.15, 0.2) is 18.4 Å². The molecule has 0 atom stereocenters. The molecule has 60 valence electrons. The van der Waals surface area contributed by atoms with Crippen LogP contribution >= 0.6 is 0 Å². The third kappa shape index (κ3) is 2.09. The second-order valence-electron chi connectivity index (χ2n) is 1.94. The molecule has 0 amide bonds. The van der Waals surface area contributed by atoms with Crippen LogP contribution in [0.15, 0.2) is 18.3 Å². The number of methoxy groups -OCH3 is 1. The fourth-order valence-corrected chi connectivity index (χ4v) is 0.647. The summed E-state index contributed by atoms with van der Waals surface area (Å²) in [5, 5.41) is 0. The van der Waals surface area contributed by atoms with Crippen molar-refractivity contribution in [2.45, 2.75) is 0 Å². The quantitative estimate of drug-likeness (QED) is 0.649. The van der Waals surface area contributed by atoms with Crippen LogP contribution < -0.4 is 10.5 Å². The van der Waals surface area contributed by atoms with Crippen LogP contribution in [0, 0.1) is 0 Å². The summed E-state index contributed by atoms with van der Waals surface area (Å²) >= 11 is 0. The highest BCUT2D eigenvalue weighted by molar-refractivity contribution is 5.44. The number of anilines is 1. The first-order valence-corrected chi connectivity index (χ1v) is 3.17. The zero-order valence-electron chi connectivity index (χ0n) is 6.28. The van der Waals surface area contributed by atoms with Crippen molar-refractivity contribution in [3.63, 3.8) is 0 Å². The van der Waals surface area contributed by atoms with Gasteiger partial charge in [0.25, 0.3) is 0 Å². The summed E-state index contributed by atoms with van der Waals surface area (Å²) in [5.74, 6) is 0.930. The Balaban J connectivity index is 2.62. The monoisotopic (exact) mass is 154 g/mol. The molecule has 4 heteroatoms. The van der Waals surface area contributed by atoms with Crippen LogP contribution in [0.4, 0.5) is 5.82 Å². The highest BCUT2D eigenvalue weighted by atomic mass is 16.7. The lowest BCUT2D eigenvalue weighted by molar-refractivity contribution is 0.0514. The number of ether oxygens (including phenoxy) is 2. The van der Waals surface area contributed by atoms with Crippen molar-refractivity contribution in [2.75, 3.05) is 19.6 Å². The maximum absolute atomic E-state index is 5.47. The first-order chi connectivity index (χ1) is 5.34. The SMILES string of the molecule is COCOc1cccnc1N. The number of rotatable bonds is 3. The summed E-state index contributed by atoms with van der Waals surface area (Å²) in [4.78, 5) is 3.83. The van der Waals surface area contributed by atoms with Gasteiger partial charge in [0, 0.05) is 13.3 Å². The van der Waals surface area contributed by atoms with Crippen molar-refractivity contribution in [3.05, 3.63) is 18.3 Å². The van der Waals surface area contributed by atoms with E-state index in [1.54, 1.807) is 25.4 Å². The van der Waals surface area contributed by atoms with Gasteiger partial charge >= 0.3 is 0 Å². The van der Waals surface area contributed by atoms with Crippen LogP contribution in [0.5, 0.6) is 5.75 Å². The van der Waals surface area contributed by atoms with Crippen LogP contribution in [0.2, 0.25) is 0 Å². The van der Waals surface area contributed by atoms with Gasteiger partial charge < -0.3 is 15.2 Å². The molecule has 1 rings (SSSR count). The Bertz CT molecular complexity index is 227. The van der Waals surface area contributed by atoms with Crippen molar-refractivity contribution < 1.29 is 9.47 Å². The molecule has 0 saturated heterocycles. The van der Waals surface area contributed by atoms with E-state index in [4.69, 9.17) is 15.2 Å². The molecule has 0 unspecified atom stereocenters. The van der Waals surface area contributed by atoms with Gasteiger partial charge in [-0.05, 0) is 12.1 Å². The Labute approximate surface area is 64.9 Å². The van der Waals surface area contributed by atoms with Gasteiger partial charge in [-0.15, -0.1) is 0 Å². The van der Waals surface area contributed by atoms with Crippen LogP contribution in [0.1, 0.15) is 0 Å². The number of hydrogen-bond donors (Lipinski definition) is 1. The van der Waals surface area contributed by atoms with E-state index in [1.807, 2.05) is 0 Å². The summed E-state index contributed by atoms with van der Waals surface area (Å²) in [6.07, 6.45) is 1.61. The molecule has 0 bridgehead atoms. The third-order valence-corrected chi connectivity index (χ3v) is 1.13. The molecule has 0 spiro atoms. The smallest absolute Gasteiger partial charge is 0.188 e. The maximum Gasteiger partial charge on any atom is 0.188 e. The highest BCUT2D eigenvalue weighted by Crippen LogP contribution is 2.16. The molecule has 4 nitrogen and oxygen atoms in total. The summed E-state index contributed by atoms with van der Waals surface area (Å²) in [6.45, 7) is 0.190. The summed E-state index contributed by atoms with van der Waals surface area (Å²) < 4.78 is 9.77. The second-order valence-corrected chi connectivity index (χ2v) is 1.94. The van der Waals surface area contributed by atoms with Gasteiger partial charge in [-0.1, -0.05) is 0 Å². The van der Waals surface area contributed by atoms with Gasteiger partial charge in [0.2, 0.25) is 0 Å². The lowest BCUT2D eigenvalue weighted by Crippen LogP contribution is -2.02. The predicted octanol–water partition coefficient (Wildman–Crippen LogP) is 0.647. The lowest BCUT2D eigenvalue weighted by atomic mass is 10.4. The molecule has 0 aromatic carbocycles. The molecular weight excluding hydrogens is 144 g/mol. The number of aromatic nitrogens is 1. The van der Waals surface area contributed by atoms with Crippen molar-refractivity contribution in [1.82, 2.24) is 4.98 Å². The van der Waals surface area contributed by atoms with Gasteiger partial charge in [-0.25, -0.2) is 4.98 Å². The Kier molecular flexibility index (Phi) is 2.68. The highest BCUT2D eigenvalue weighted by Gasteiger charge is 1.97. The third-order valence-electron chi connectivity index (χ3n) is 1.13. The van der Waals surface area contributed by atoms with E-state index in [1.165, 1.54) is 0 Å². The molecule has 0 aliphatic carbocycles. The second kappa shape index (κ2) is 3.78. The lowest BCUT2D eigenvalue weighted by Gasteiger charge is -2.04. The topological polar surface area (TPSA) is 57.4 Å². The van der Waals surface area contributed by atoms with E-state index >= 15 is 0 Å². The zero-order valence-corrected chi connectivity index (χ0v) is 6.28. The predicted molar refractivity (Wildman–Crippen MR) is 41.2 cm³/mol. The molecule has 1 aromatic rings. The van der Waals surface area contributed by atoms with E-state index in [9.17, 15) is 0 Å². The fourth-order valence-electron chi connectivity index (χ4n) is 0.647. The fraction of sp³-hybridized carbons (Fsp3) is 0.286. The van der Waals surface area contributed by atoms with Crippen LogP contribution in [0.3, 0.4) is 0 Å². The van der Waals surface area contributed by atoms with Crippen LogP contribution in [-0.2, 0) is 4.74 Å². The van der Waals surface area contributed by atoms with Gasteiger partial charge in [0.05, 0.1) is 0 Å². The van der Waals surface area contributed by atoms with Crippen molar-refractivity contribution in [2.24, 2.45) is 0 Å². The van der Waals surface area contributed by atoms with Crippen molar-refractivity contribution in [3.8, 4) is 5.75 Å². The molecule has 0 aliphatic rings. The minimum absolute atomic E-state index is 0.190. The Hall–Kier alpha value is -1.29. The van der Waals surface area contributed by atoms with E-state index in [0.717, 1.165) is 0 Å². The van der Waals surface area contributed by atoms with Gasteiger partial charge in [0.1, 0.15) is 0 Å². The van der Waals surface area contributed by atoms with Gasteiger partial charge in [-0.2, -0.15) is 0 Å². The van der Waals surface area contributed by atoms with E-state index in [-0.39, 0.29) is 6.79 Å². The number of hydrogen-bond acceptors (Lipinski definition) is 4. The number of nitrogens with two attached hydrogens (primary N) is 1. The standard InChI is InChI=1S/C7H10N2O2/c1-10-5-11-6-3-2-4-9-7(6)8/h2-4H,5H2,1H3,(H2,8,9). The van der Waals surface area contributed by atoms with Gasteiger partial charge in [-0.3, -0.25) is 0 Å². The number of pyridine rings is 1. The summed E-state index contributed by atoms with van der Waals surface area (Å²) in [6, 6.07) is 3.49. The average Bonchev–Trinajstić information content (AvgIpc) is 2.03. The average molecular weight is 154 g/mol. The molecule has 11 heavy (non-hydrogen) atoms. The molecular formula is C7H10N2O2. The van der Waals surface area contributed by atoms with Crippen LogP contribution in [-0.4, -0.2) is 18.9 Å².